The maximum atomic E-state index is 11.6. The molecule has 0 bridgehead atoms. The number of carbonyl (C=O) groups excluding carboxylic acids is 1. The molecule has 0 amide bonds. The highest BCUT2D eigenvalue weighted by Crippen LogP contribution is 2.10. The van der Waals surface area contributed by atoms with Gasteiger partial charge in [-0.15, -0.1) is 0 Å². The van der Waals surface area contributed by atoms with E-state index in [1.807, 2.05) is 0 Å². The number of aryl methyl sites for hydroxylation is 1. The van der Waals surface area contributed by atoms with Gasteiger partial charge in [0.25, 0.3) is 5.56 Å². The van der Waals surface area contributed by atoms with Crippen LogP contribution in [0.25, 0.3) is 5.65 Å². The molecule has 0 aliphatic rings. The summed E-state index contributed by atoms with van der Waals surface area (Å²) in [5.74, 6) is -0.552. The van der Waals surface area contributed by atoms with Gasteiger partial charge in [-0.05, 0) is 6.92 Å². The van der Waals surface area contributed by atoms with Crippen LogP contribution in [0.4, 0.5) is 0 Å². The number of hydrogen-bond acceptors (Lipinski definition) is 5. The van der Waals surface area contributed by atoms with E-state index in [-0.39, 0.29) is 17.5 Å². The molecular weight excluding hydrogens is 198 g/mol. The van der Waals surface area contributed by atoms with Crippen LogP contribution in [0.1, 0.15) is 15.9 Å². The maximum absolute atomic E-state index is 11.6. The first-order chi connectivity index (χ1) is 7.15. The second kappa shape index (κ2) is 3.16. The molecule has 0 spiro atoms. The SMILES string of the molecule is Cc1cncn2c(=O)c(C=O)c(O)nc12. The summed E-state index contributed by atoms with van der Waals surface area (Å²) >= 11 is 0. The molecule has 6 heteroatoms. The minimum atomic E-state index is -0.622. The van der Waals surface area contributed by atoms with Crippen molar-refractivity contribution >= 4 is 11.9 Å². The standard InChI is InChI=1S/C9H7N3O3/c1-5-2-10-4-12-7(5)11-8(14)6(3-13)9(12)15/h2-4,14H,1H3. The summed E-state index contributed by atoms with van der Waals surface area (Å²) in [5, 5.41) is 9.34. The molecule has 0 unspecified atom stereocenters. The van der Waals surface area contributed by atoms with Crippen molar-refractivity contribution in [1.29, 1.82) is 0 Å². The van der Waals surface area contributed by atoms with Crippen molar-refractivity contribution in [3.63, 3.8) is 0 Å². The second-order valence-electron chi connectivity index (χ2n) is 3.04. The summed E-state index contributed by atoms with van der Waals surface area (Å²) in [6.07, 6.45) is 3.05. The number of carbonyl (C=O) groups is 1. The van der Waals surface area contributed by atoms with Crippen molar-refractivity contribution in [2.24, 2.45) is 0 Å². The highest BCUT2D eigenvalue weighted by molar-refractivity contribution is 5.78. The van der Waals surface area contributed by atoms with E-state index in [1.54, 1.807) is 6.92 Å². The van der Waals surface area contributed by atoms with Gasteiger partial charge in [-0.3, -0.25) is 9.59 Å². The lowest BCUT2D eigenvalue weighted by Crippen LogP contribution is -2.20. The molecule has 6 nitrogen and oxygen atoms in total. The molecule has 0 saturated carbocycles. The summed E-state index contributed by atoms with van der Waals surface area (Å²) in [4.78, 5) is 29.7. The predicted octanol–water partition coefficient (Wildman–Crippen LogP) is -0.0840. The average Bonchev–Trinajstić information content (AvgIpc) is 2.20. The Labute approximate surface area is 83.8 Å². The van der Waals surface area contributed by atoms with E-state index in [1.165, 1.54) is 12.5 Å². The summed E-state index contributed by atoms with van der Waals surface area (Å²) in [5.41, 5.74) is -0.0518. The zero-order valence-electron chi connectivity index (χ0n) is 7.84. The highest BCUT2D eigenvalue weighted by Gasteiger charge is 2.11. The van der Waals surface area contributed by atoms with Gasteiger partial charge in [0.15, 0.2) is 6.29 Å². The summed E-state index contributed by atoms with van der Waals surface area (Å²) in [6, 6.07) is 0. The Kier molecular flexibility index (Phi) is 1.96. The predicted molar refractivity (Wildman–Crippen MR) is 51.0 cm³/mol. The number of rotatable bonds is 1. The third kappa shape index (κ3) is 1.26. The molecule has 2 heterocycles. The van der Waals surface area contributed by atoms with Gasteiger partial charge in [-0.1, -0.05) is 0 Å². The third-order valence-electron chi connectivity index (χ3n) is 2.05. The highest BCUT2D eigenvalue weighted by atomic mass is 16.3. The van der Waals surface area contributed by atoms with Gasteiger partial charge in [0.05, 0.1) is 0 Å². The Balaban J connectivity index is 3.04. The van der Waals surface area contributed by atoms with Gasteiger partial charge in [0.1, 0.15) is 17.5 Å². The van der Waals surface area contributed by atoms with E-state index < -0.39 is 11.4 Å². The lowest BCUT2D eigenvalue weighted by atomic mass is 10.3. The molecule has 0 radical (unpaired) electrons. The van der Waals surface area contributed by atoms with E-state index in [2.05, 4.69) is 9.97 Å². The topological polar surface area (TPSA) is 84.6 Å². The van der Waals surface area contributed by atoms with E-state index in [9.17, 15) is 14.7 Å². The largest absolute Gasteiger partial charge is 0.493 e. The average molecular weight is 205 g/mol. The van der Waals surface area contributed by atoms with Crippen LogP contribution in [-0.2, 0) is 0 Å². The fourth-order valence-electron chi connectivity index (χ4n) is 1.29. The molecular formula is C9H7N3O3. The fourth-order valence-corrected chi connectivity index (χ4v) is 1.29. The van der Waals surface area contributed by atoms with Crippen molar-refractivity contribution in [3.05, 3.63) is 34.0 Å². The van der Waals surface area contributed by atoms with Crippen LogP contribution >= 0.6 is 0 Å². The first kappa shape index (κ1) is 9.32. The molecule has 2 aromatic heterocycles. The quantitative estimate of drug-likeness (QED) is 0.658. The summed E-state index contributed by atoms with van der Waals surface area (Å²) in [6.45, 7) is 1.70. The first-order valence-corrected chi connectivity index (χ1v) is 4.16. The van der Waals surface area contributed by atoms with E-state index in [4.69, 9.17) is 0 Å². The normalized spacial score (nSPS) is 10.5. The van der Waals surface area contributed by atoms with Gasteiger partial charge in [0.2, 0.25) is 5.88 Å². The molecule has 2 aromatic rings. The van der Waals surface area contributed by atoms with Gasteiger partial charge < -0.3 is 5.11 Å². The molecule has 0 aliphatic heterocycles. The van der Waals surface area contributed by atoms with Crippen molar-refractivity contribution in [3.8, 4) is 5.88 Å². The van der Waals surface area contributed by atoms with Gasteiger partial charge in [0, 0.05) is 11.8 Å². The van der Waals surface area contributed by atoms with Gasteiger partial charge in [-0.25, -0.2) is 9.38 Å². The number of nitrogens with zero attached hydrogens (tertiary/aromatic N) is 3. The third-order valence-corrected chi connectivity index (χ3v) is 2.05. The Bertz CT molecular complexity index is 603. The minimum absolute atomic E-state index is 0.277. The Hall–Kier alpha value is -2.24. The summed E-state index contributed by atoms with van der Waals surface area (Å²) < 4.78 is 1.12. The molecule has 15 heavy (non-hydrogen) atoms. The number of aromatic hydroxyl groups is 1. The molecule has 0 fully saturated rings. The Morgan fingerprint density at radius 3 is 2.93 bits per heavy atom. The fraction of sp³-hybridized carbons (Fsp3) is 0.111. The van der Waals surface area contributed by atoms with Crippen molar-refractivity contribution in [2.45, 2.75) is 6.92 Å². The maximum Gasteiger partial charge on any atom is 0.273 e. The molecule has 0 atom stereocenters. The van der Waals surface area contributed by atoms with Crippen molar-refractivity contribution in [2.75, 3.05) is 0 Å². The molecule has 0 aromatic carbocycles. The lowest BCUT2D eigenvalue weighted by molar-refractivity contribution is 0.111. The number of aldehydes is 1. The Morgan fingerprint density at radius 2 is 2.27 bits per heavy atom. The van der Waals surface area contributed by atoms with E-state index in [0.29, 0.717) is 5.56 Å². The van der Waals surface area contributed by atoms with Crippen LogP contribution < -0.4 is 5.56 Å². The van der Waals surface area contributed by atoms with E-state index >= 15 is 0 Å². The molecule has 0 saturated heterocycles. The number of aromatic nitrogens is 3. The van der Waals surface area contributed by atoms with Crippen LogP contribution in [0.5, 0.6) is 5.88 Å². The Morgan fingerprint density at radius 1 is 1.53 bits per heavy atom. The first-order valence-electron chi connectivity index (χ1n) is 4.16. The van der Waals surface area contributed by atoms with Crippen LogP contribution in [0.2, 0.25) is 0 Å². The number of fused-ring (bicyclic) bond motifs is 1. The van der Waals surface area contributed by atoms with Crippen molar-refractivity contribution in [1.82, 2.24) is 14.4 Å². The molecule has 76 valence electrons. The van der Waals surface area contributed by atoms with Crippen molar-refractivity contribution < 1.29 is 9.90 Å². The lowest BCUT2D eigenvalue weighted by Gasteiger charge is -2.03. The van der Waals surface area contributed by atoms with Crippen LogP contribution in [0.15, 0.2) is 17.3 Å². The van der Waals surface area contributed by atoms with Crippen LogP contribution in [-0.4, -0.2) is 25.8 Å². The zero-order chi connectivity index (χ0) is 11.0. The van der Waals surface area contributed by atoms with Crippen LogP contribution in [0.3, 0.4) is 0 Å². The van der Waals surface area contributed by atoms with Gasteiger partial charge in [-0.2, -0.15) is 4.98 Å². The van der Waals surface area contributed by atoms with E-state index in [0.717, 1.165) is 4.40 Å². The van der Waals surface area contributed by atoms with Gasteiger partial charge >= 0.3 is 0 Å². The monoisotopic (exact) mass is 205 g/mol. The molecule has 2 rings (SSSR count). The molecule has 1 N–H and O–H groups in total. The second-order valence-corrected chi connectivity index (χ2v) is 3.04. The number of hydrogen-bond donors (Lipinski definition) is 1. The minimum Gasteiger partial charge on any atom is -0.493 e. The smallest absolute Gasteiger partial charge is 0.273 e. The summed E-state index contributed by atoms with van der Waals surface area (Å²) in [7, 11) is 0. The zero-order valence-corrected chi connectivity index (χ0v) is 7.84. The molecule has 0 aliphatic carbocycles. The van der Waals surface area contributed by atoms with Crippen LogP contribution in [0, 0.1) is 6.92 Å².